The monoisotopic (exact) mass is 464 g/mol. The van der Waals surface area contributed by atoms with Crippen molar-refractivity contribution in [3.63, 3.8) is 0 Å². The molecule has 7 heteroatoms. The molecule has 0 aromatic heterocycles. The summed E-state index contributed by atoms with van der Waals surface area (Å²) in [4.78, 5) is 11.2. The van der Waals surface area contributed by atoms with E-state index in [-0.39, 0.29) is 5.57 Å². The second-order valence-electron chi connectivity index (χ2n) is 4.98. The van der Waals surface area contributed by atoms with Gasteiger partial charge in [0.2, 0.25) is 0 Å². The van der Waals surface area contributed by atoms with E-state index in [9.17, 15) is 4.79 Å². The summed E-state index contributed by atoms with van der Waals surface area (Å²) in [7, 11) is 1.51. The number of halogens is 2. The van der Waals surface area contributed by atoms with Gasteiger partial charge in [0.1, 0.15) is 18.2 Å². The van der Waals surface area contributed by atoms with Gasteiger partial charge in [-0.05, 0) is 57.4 Å². The molecule has 128 valence electrons. The molecule has 0 bridgehead atoms. The number of hydrogen-bond donors (Lipinski definition) is 1. The molecule has 0 radical (unpaired) electrons. The lowest BCUT2D eigenvalue weighted by Crippen LogP contribution is -2.12. The van der Waals surface area contributed by atoms with Crippen molar-refractivity contribution in [1.82, 2.24) is 0 Å². The van der Waals surface area contributed by atoms with Crippen molar-refractivity contribution >= 4 is 43.8 Å². The lowest BCUT2D eigenvalue weighted by molar-refractivity contribution is -0.114. The Morgan fingerprint density at radius 1 is 1.28 bits per heavy atom. The highest BCUT2D eigenvalue weighted by atomic mass is 79.9. The Bertz CT molecular complexity index is 856. The third-order valence-electron chi connectivity index (χ3n) is 3.25. The fourth-order valence-electron chi connectivity index (χ4n) is 2.02. The molecular weight excluding hydrogens is 452 g/mol. The van der Waals surface area contributed by atoms with Crippen molar-refractivity contribution in [1.29, 1.82) is 5.26 Å². The molecule has 25 heavy (non-hydrogen) atoms. The van der Waals surface area contributed by atoms with Gasteiger partial charge in [-0.1, -0.05) is 28.1 Å². The number of ether oxygens (including phenoxy) is 2. The fourth-order valence-corrected chi connectivity index (χ4v) is 2.86. The molecule has 2 N–H and O–H groups in total. The molecule has 0 saturated heterocycles. The first kappa shape index (κ1) is 19.0. The number of methoxy groups -OCH3 is 1. The van der Waals surface area contributed by atoms with Crippen LogP contribution in [0.5, 0.6) is 11.5 Å². The van der Waals surface area contributed by atoms with E-state index >= 15 is 0 Å². The maximum atomic E-state index is 11.2. The van der Waals surface area contributed by atoms with E-state index in [4.69, 9.17) is 20.5 Å². The van der Waals surface area contributed by atoms with E-state index in [1.54, 1.807) is 18.2 Å². The fraction of sp³-hybridized carbons (Fsp3) is 0.111. The summed E-state index contributed by atoms with van der Waals surface area (Å²) in [5, 5.41) is 8.95. The Kier molecular flexibility index (Phi) is 6.62. The van der Waals surface area contributed by atoms with Crippen LogP contribution in [0.2, 0.25) is 0 Å². The first-order chi connectivity index (χ1) is 11.9. The zero-order valence-corrected chi connectivity index (χ0v) is 16.4. The van der Waals surface area contributed by atoms with Gasteiger partial charge in [-0.25, -0.2) is 0 Å². The number of primary amides is 1. The molecule has 0 heterocycles. The predicted molar refractivity (Wildman–Crippen MR) is 102 cm³/mol. The smallest absolute Gasteiger partial charge is 0.259 e. The number of rotatable bonds is 6. The molecule has 0 unspecified atom stereocenters. The minimum Gasteiger partial charge on any atom is -0.493 e. The number of carbonyl (C=O) groups excluding carboxylic acids is 1. The molecule has 1 amide bonds. The minimum absolute atomic E-state index is 0.141. The van der Waals surface area contributed by atoms with Crippen LogP contribution >= 0.6 is 31.9 Å². The molecule has 0 atom stereocenters. The van der Waals surface area contributed by atoms with E-state index < -0.39 is 5.91 Å². The highest BCUT2D eigenvalue weighted by Gasteiger charge is 2.13. The third-order valence-corrected chi connectivity index (χ3v) is 4.36. The van der Waals surface area contributed by atoms with Crippen LogP contribution in [0.15, 0.2) is 50.9 Å². The molecule has 2 aromatic rings. The van der Waals surface area contributed by atoms with Crippen LogP contribution in [0, 0.1) is 11.3 Å². The zero-order valence-electron chi connectivity index (χ0n) is 13.3. The molecule has 0 spiro atoms. The Balaban J connectivity index is 2.29. The average molecular weight is 466 g/mol. The maximum Gasteiger partial charge on any atom is 0.259 e. The summed E-state index contributed by atoms with van der Waals surface area (Å²) in [6.07, 6.45) is 1.40. The van der Waals surface area contributed by atoms with Gasteiger partial charge in [0.25, 0.3) is 5.91 Å². The SMILES string of the molecule is COc1cc(/C=C(/C#N)C(N)=O)cc(Br)c1OCc1ccc(Br)cc1. The Hall–Kier alpha value is -2.30. The highest BCUT2D eigenvalue weighted by molar-refractivity contribution is 9.10. The van der Waals surface area contributed by atoms with Gasteiger partial charge in [0, 0.05) is 4.47 Å². The quantitative estimate of drug-likeness (QED) is 0.511. The molecule has 0 aliphatic rings. The zero-order chi connectivity index (χ0) is 18.4. The summed E-state index contributed by atoms with van der Waals surface area (Å²) < 4.78 is 12.8. The van der Waals surface area contributed by atoms with Crippen LogP contribution in [0.1, 0.15) is 11.1 Å². The number of hydrogen-bond acceptors (Lipinski definition) is 4. The molecule has 0 aliphatic carbocycles. The van der Waals surface area contributed by atoms with Gasteiger partial charge in [0.15, 0.2) is 11.5 Å². The first-order valence-corrected chi connectivity index (χ1v) is 8.69. The topological polar surface area (TPSA) is 85.3 Å². The number of nitriles is 1. The second-order valence-corrected chi connectivity index (χ2v) is 6.75. The van der Waals surface area contributed by atoms with Gasteiger partial charge in [-0.15, -0.1) is 0 Å². The van der Waals surface area contributed by atoms with E-state index in [1.165, 1.54) is 13.2 Å². The van der Waals surface area contributed by atoms with E-state index in [1.807, 2.05) is 24.3 Å². The normalized spacial score (nSPS) is 10.9. The van der Waals surface area contributed by atoms with E-state index in [0.29, 0.717) is 28.1 Å². The molecular formula is C18H14Br2N2O3. The van der Waals surface area contributed by atoms with Gasteiger partial charge in [-0.3, -0.25) is 4.79 Å². The first-order valence-electron chi connectivity index (χ1n) is 7.11. The summed E-state index contributed by atoms with van der Waals surface area (Å²) in [6.45, 7) is 0.363. The third kappa shape index (κ3) is 5.08. The van der Waals surface area contributed by atoms with Crippen LogP contribution in [-0.2, 0) is 11.4 Å². The molecule has 0 fully saturated rings. The molecule has 0 aliphatic heterocycles. The number of amides is 1. The number of nitrogens with zero attached hydrogens (tertiary/aromatic N) is 1. The summed E-state index contributed by atoms with van der Waals surface area (Å²) in [5.74, 6) is 0.216. The van der Waals surface area contributed by atoms with Crippen LogP contribution < -0.4 is 15.2 Å². The number of carbonyl (C=O) groups is 1. The van der Waals surface area contributed by atoms with E-state index in [0.717, 1.165) is 10.0 Å². The molecule has 2 rings (SSSR count). The maximum absolute atomic E-state index is 11.2. The lowest BCUT2D eigenvalue weighted by Gasteiger charge is -2.14. The second kappa shape index (κ2) is 8.70. The van der Waals surface area contributed by atoms with Crippen molar-refractivity contribution in [3.8, 4) is 17.6 Å². The largest absolute Gasteiger partial charge is 0.493 e. The van der Waals surface area contributed by atoms with Gasteiger partial charge >= 0.3 is 0 Å². The summed E-state index contributed by atoms with van der Waals surface area (Å²) in [5.41, 5.74) is 6.61. The van der Waals surface area contributed by atoms with Crippen molar-refractivity contribution in [2.24, 2.45) is 5.73 Å². The van der Waals surface area contributed by atoms with Gasteiger partial charge in [0.05, 0.1) is 11.6 Å². The number of nitrogens with two attached hydrogens (primary N) is 1. The van der Waals surface area contributed by atoms with Crippen LogP contribution in [0.4, 0.5) is 0 Å². The lowest BCUT2D eigenvalue weighted by atomic mass is 10.1. The standard InChI is InChI=1S/C18H14Br2N2O3/c1-24-16-8-12(6-13(9-21)18(22)23)7-15(20)17(16)25-10-11-2-4-14(19)5-3-11/h2-8H,10H2,1H3,(H2,22,23)/b13-6-. The minimum atomic E-state index is -0.784. The molecule has 5 nitrogen and oxygen atoms in total. The summed E-state index contributed by atoms with van der Waals surface area (Å²) in [6, 6.07) is 12.9. The van der Waals surface area contributed by atoms with Crippen molar-refractivity contribution < 1.29 is 14.3 Å². The number of benzene rings is 2. The van der Waals surface area contributed by atoms with E-state index in [2.05, 4.69) is 31.9 Å². The van der Waals surface area contributed by atoms with Gasteiger partial charge < -0.3 is 15.2 Å². The Morgan fingerprint density at radius 2 is 1.96 bits per heavy atom. The molecule has 2 aromatic carbocycles. The molecule has 0 saturated carbocycles. The van der Waals surface area contributed by atoms with Gasteiger partial charge in [-0.2, -0.15) is 5.26 Å². The Labute approximate surface area is 162 Å². The van der Waals surface area contributed by atoms with Crippen molar-refractivity contribution in [3.05, 3.63) is 62.0 Å². The van der Waals surface area contributed by atoms with Crippen molar-refractivity contribution in [2.45, 2.75) is 6.61 Å². The summed E-state index contributed by atoms with van der Waals surface area (Å²) >= 11 is 6.82. The van der Waals surface area contributed by atoms with Crippen LogP contribution in [0.25, 0.3) is 6.08 Å². The van der Waals surface area contributed by atoms with Crippen molar-refractivity contribution in [2.75, 3.05) is 7.11 Å². The van der Waals surface area contributed by atoms with Crippen LogP contribution in [0.3, 0.4) is 0 Å². The highest BCUT2D eigenvalue weighted by Crippen LogP contribution is 2.37. The Morgan fingerprint density at radius 3 is 2.52 bits per heavy atom. The van der Waals surface area contributed by atoms with Crippen LogP contribution in [-0.4, -0.2) is 13.0 Å². The predicted octanol–water partition coefficient (Wildman–Crippen LogP) is 4.19. The average Bonchev–Trinajstić information content (AvgIpc) is 2.59.